The highest BCUT2D eigenvalue weighted by atomic mass is 35.5. The SMILES string of the molecule is COc1cccc(NC(=O)CSc2cn(CCNC(=O)c3ccc(Cl)cc3)c3ccccc23)c1. The smallest absolute Gasteiger partial charge is 0.251 e. The Balaban J connectivity index is 1.37. The van der Waals surface area contributed by atoms with Gasteiger partial charge < -0.3 is 19.9 Å². The van der Waals surface area contributed by atoms with Crippen LogP contribution < -0.4 is 15.4 Å². The molecule has 0 bridgehead atoms. The summed E-state index contributed by atoms with van der Waals surface area (Å²) in [6, 6.07) is 22.1. The Labute approximate surface area is 207 Å². The van der Waals surface area contributed by atoms with Crippen molar-refractivity contribution in [3.05, 3.63) is 89.6 Å². The van der Waals surface area contributed by atoms with Crippen molar-refractivity contribution < 1.29 is 14.3 Å². The van der Waals surface area contributed by atoms with Gasteiger partial charge in [0.25, 0.3) is 5.91 Å². The maximum absolute atomic E-state index is 12.5. The molecule has 0 unspecified atom stereocenters. The molecule has 1 heterocycles. The van der Waals surface area contributed by atoms with E-state index >= 15 is 0 Å². The molecule has 34 heavy (non-hydrogen) atoms. The Bertz CT molecular complexity index is 1300. The molecule has 4 rings (SSSR count). The van der Waals surface area contributed by atoms with Crippen molar-refractivity contribution >= 4 is 51.8 Å². The first-order valence-corrected chi connectivity index (χ1v) is 12.1. The van der Waals surface area contributed by atoms with Crippen LogP contribution >= 0.6 is 23.4 Å². The Morgan fingerprint density at radius 1 is 1.03 bits per heavy atom. The van der Waals surface area contributed by atoms with Crippen LogP contribution in [0.3, 0.4) is 0 Å². The van der Waals surface area contributed by atoms with Gasteiger partial charge in [0.05, 0.1) is 12.9 Å². The molecule has 0 saturated carbocycles. The molecule has 4 aromatic rings. The third-order valence-corrected chi connectivity index (χ3v) is 6.50. The second kappa shape index (κ2) is 11.1. The van der Waals surface area contributed by atoms with Gasteiger partial charge in [-0.15, -0.1) is 11.8 Å². The van der Waals surface area contributed by atoms with Crippen molar-refractivity contribution in [1.82, 2.24) is 9.88 Å². The predicted molar refractivity (Wildman–Crippen MR) is 138 cm³/mol. The van der Waals surface area contributed by atoms with Crippen molar-refractivity contribution in [2.75, 3.05) is 24.7 Å². The quantitative estimate of drug-likeness (QED) is 0.303. The number of carbonyl (C=O) groups is 2. The van der Waals surface area contributed by atoms with E-state index in [1.54, 1.807) is 37.4 Å². The summed E-state index contributed by atoms with van der Waals surface area (Å²) < 4.78 is 7.30. The summed E-state index contributed by atoms with van der Waals surface area (Å²) in [7, 11) is 1.59. The molecule has 0 radical (unpaired) electrons. The maximum atomic E-state index is 12.5. The van der Waals surface area contributed by atoms with Crippen LogP contribution in [0.15, 0.2) is 83.9 Å². The lowest BCUT2D eigenvalue weighted by atomic mass is 10.2. The van der Waals surface area contributed by atoms with Crippen LogP contribution in [0.5, 0.6) is 5.75 Å². The first kappa shape index (κ1) is 23.7. The standard InChI is InChI=1S/C26H24ClN3O3S/c1-33-21-6-4-5-20(15-21)29-25(31)17-34-24-16-30(23-8-3-2-7-22(23)24)14-13-28-26(32)18-9-11-19(27)12-10-18/h2-12,15-16H,13-14,17H2,1H3,(H,28,32)(H,29,31). The lowest BCUT2D eigenvalue weighted by Crippen LogP contribution is -2.27. The number of rotatable bonds is 9. The first-order valence-electron chi connectivity index (χ1n) is 10.7. The molecule has 0 aliphatic heterocycles. The molecule has 2 N–H and O–H groups in total. The average Bonchev–Trinajstić information content (AvgIpc) is 3.21. The van der Waals surface area contributed by atoms with Gasteiger partial charge in [-0.05, 0) is 42.5 Å². The number of benzene rings is 3. The van der Waals surface area contributed by atoms with Crippen LogP contribution in [0, 0.1) is 0 Å². The molecule has 0 saturated heterocycles. The van der Waals surface area contributed by atoms with E-state index in [1.807, 2.05) is 48.7 Å². The van der Waals surface area contributed by atoms with Gasteiger partial charge >= 0.3 is 0 Å². The molecule has 174 valence electrons. The van der Waals surface area contributed by atoms with Crippen LogP contribution in [0.2, 0.25) is 5.02 Å². The van der Waals surface area contributed by atoms with Gasteiger partial charge in [0, 0.05) is 57.4 Å². The van der Waals surface area contributed by atoms with Crippen LogP contribution in [0.25, 0.3) is 10.9 Å². The Hall–Kier alpha value is -3.42. The van der Waals surface area contributed by atoms with Gasteiger partial charge in [0.15, 0.2) is 0 Å². The summed E-state index contributed by atoms with van der Waals surface area (Å²) in [4.78, 5) is 25.9. The van der Waals surface area contributed by atoms with Crippen LogP contribution in [0.1, 0.15) is 10.4 Å². The molecule has 0 aliphatic carbocycles. The molecular formula is C26H24ClN3O3S. The number of anilines is 1. The van der Waals surface area contributed by atoms with Gasteiger partial charge in [0.2, 0.25) is 5.91 Å². The van der Waals surface area contributed by atoms with Crippen molar-refractivity contribution in [2.24, 2.45) is 0 Å². The summed E-state index contributed by atoms with van der Waals surface area (Å²) in [5, 5.41) is 7.52. The van der Waals surface area contributed by atoms with Crippen molar-refractivity contribution in [3.8, 4) is 5.75 Å². The number of carbonyl (C=O) groups excluding carboxylic acids is 2. The maximum Gasteiger partial charge on any atom is 0.251 e. The number of aromatic nitrogens is 1. The number of amides is 2. The number of fused-ring (bicyclic) bond motifs is 1. The highest BCUT2D eigenvalue weighted by Gasteiger charge is 2.12. The summed E-state index contributed by atoms with van der Waals surface area (Å²) >= 11 is 7.37. The third-order valence-electron chi connectivity index (χ3n) is 5.21. The molecule has 0 atom stereocenters. The molecule has 0 aliphatic rings. The van der Waals surface area contributed by atoms with E-state index in [1.165, 1.54) is 11.8 Å². The molecule has 1 aromatic heterocycles. The Morgan fingerprint density at radius 3 is 2.62 bits per heavy atom. The monoisotopic (exact) mass is 493 g/mol. The molecule has 8 heteroatoms. The van der Waals surface area contributed by atoms with E-state index in [4.69, 9.17) is 16.3 Å². The van der Waals surface area contributed by atoms with Gasteiger partial charge in [-0.3, -0.25) is 9.59 Å². The fourth-order valence-electron chi connectivity index (χ4n) is 3.55. The van der Waals surface area contributed by atoms with E-state index in [0.717, 1.165) is 15.8 Å². The number of nitrogens with one attached hydrogen (secondary N) is 2. The minimum absolute atomic E-state index is 0.0923. The molecule has 2 amide bonds. The van der Waals surface area contributed by atoms with Crippen LogP contribution in [0.4, 0.5) is 5.69 Å². The number of ether oxygens (including phenoxy) is 1. The Morgan fingerprint density at radius 2 is 1.82 bits per heavy atom. The van der Waals surface area contributed by atoms with E-state index in [-0.39, 0.29) is 17.6 Å². The molecule has 0 spiro atoms. The van der Waals surface area contributed by atoms with E-state index in [2.05, 4.69) is 15.2 Å². The Kier molecular flexibility index (Phi) is 7.77. The molecule has 6 nitrogen and oxygen atoms in total. The zero-order valence-corrected chi connectivity index (χ0v) is 20.2. The number of methoxy groups -OCH3 is 1. The second-order valence-corrected chi connectivity index (χ2v) is 8.99. The summed E-state index contributed by atoms with van der Waals surface area (Å²) in [5.74, 6) is 0.734. The fraction of sp³-hybridized carbons (Fsp3) is 0.154. The summed E-state index contributed by atoms with van der Waals surface area (Å²) in [6.07, 6.45) is 2.03. The highest BCUT2D eigenvalue weighted by molar-refractivity contribution is 8.00. The van der Waals surface area contributed by atoms with E-state index in [9.17, 15) is 9.59 Å². The normalized spacial score (nSPS) is 10.8. The van der Waals surface area contributed by atoms with E-state index in [0.29, 0.717) is 35.1 Å². The number of hydrogen-bond donors (Lipinski definition) is 2. The third kappa shape index (κ3) is 5.92. The number of hydrogen-bond acceptors (Lipinski definition) is 4. The minimum atomic E-state index is -0.142. The van der Waals surface area contributed by atoms with Gasteiger partial charge in [0.1, 0.15) is 5.75 Å². The zero-order valence-electron chi connectivity index (χ0n) is 18.6. The lowest BCUT2D eigenvalue weighted by molar-refractivity contribution is -0.113. The molecular weight excluding hydrogens is 470 g/mol. The van der Waals surface area contributed by atoms with E-state index < -0.39 is 0 Å². The highest BCUT2D eigenvalue weighted by Crippen LogP contribution is 2.30. The number of halogens is 1. The predicted octanol–water partition coefficient (Wildman–Crippen LogP) is 5.46. The lowest BCUT2D eigenvalue weighted by Gasteiger charge is -2.08. The van der Waals surface area contributed by atoms with Crippen molar-refractivity contribution in [1.29, 1.82) is 0 Å². The zero-order chi connectivity index (χ0) is 23.9. The molecule has 3 aromatic carbocycles. The van der Waals surface area contributed by atoms with Crippen molar-refractivity contribution in [3.63, 3.8) is 0 Å². The fourth-order valence-corrected chi connectivity index (χ4v) is 4.56. The topological polar surface area (TPSA) is 72.4 Å². The van der Waals surface area contributed by atoms with Crippen molar-refractivity contribution in [2.45, 2.75) is 11.4 Å². The van der Waals surface area contributed by atoms with Crippen LogP contribution in [-0.4, -0.2) is 35.8 Å². The van der Waals surface area contributed by atoms with Gasteiger partial charge in [-0.2, -0.15) is 0 Å². The number of thioether (sulfide) groups is 1. The second-order valence-electron chi connectivity index (χ2n) is 7.54. The summed E-state index contributed by atoms with van der Waals surface area (Å²) in [5.41, 5.74) is 2.32. The first-order chi connectivity index (χ1) is 16.5. The molecule has 0 fully saturated rings. The minimum Gasteiger partial charge on any atom is -0.497 e. The van der Waals surface area contributed by atoms with Crippen LogP contribution in [-0.2, 0) is 11.3 Å². The van der Waals surface area contributed by atoms with Gasteiger partial charge in [-0.25, -0.2) is 0 Å². The number of para-hydroxylation sites is 1. The number of nitrogens with zero attached hydrogens (tertiary/aromatic N) is 1. The van der Waals surface area contributed by atoms with Gasteiger partial charge in [-0.1, -0.05) is 35.9 Å². The summed E-state index contributed by atoms with van der Waals surface area (Å²) in [6.45, 7) is 1.08. The average molecular weight is 494 g/mol. The largest absolute Gasteiger partial charge is 0.497 e.